The maximum Gasteiger partial charge on any atom is 0.236 e. The van der Waals surface area contributed by atoms with Gasteiger partial charge in [0.05, 0.1) is 25.3 Å². The number of piperazine rings is 1. The van der Waals surface area contributed by atoms with Gasteiger partial charge in [-0.15, -0.1) is 0 Å². The van der Waals surface area contributed by atoms with Crippen LogP contribution in [0.1, 0.15) is 24.5 Å². The average molecular weight is 423 g/mol. The van der Waals surface area contributed by atoms with Crippen LogP contribution in [-0.4, -0.2) is 54.6 Å². The molecule has 1 N–H and O–H groups in total. The number of carbonyl (C=O) groups excluding carboxylic acids is 1. The van der Waals surface area contributed by atoms with Crippen LogP contribution in [0.5, 0.6) is 5.75 Å². The molecule has 1 amide bonds. The topological polar surface area (TPSA) is 81.5 Å². The highest BCUT2D eigenvalue weighted by molar-refractivity contribution is 5.79. The van der Waals surface area contributed by atoms with Crippen molar-refractivity contribution >= 4 is 11.7 Å². The Labute approximate surface area is 181 Å². The SMILES string of the molecule is COc1cc(F)ccc1CNCC(=O)N1CC2C[C@H](C)C(C1)N2c1ccc(C#N)cn1. The molecule has 2 aliphatic rings. The van der Waals surface area contributed by atoms with E-state index in [2.05, 4.69) is 28.2 Å². The maximum atomic E-state index is 13.3. The lowest BCUT2D eigenvalue weighted by molar-refractivity contribution is -0.131. The Hall–Kier alpha value is -3.18. The Kier molecular flexibility index (Phi) is 6.05. The van der Waals surface area contributed by atoms with Gasteiger partial charge in [0, 0.05) is 43.5 Å². The van der Waals surface area contributed by atoms with E-state index in [0.717, 1.165) is 17.8 Å². The number of nitrogens with one attached hydrogen (secondary N) is 1. The van der Waals surface area contributed by atoms with E-state index in [0.29, 0.717) is 36.9 Å². The number of pyridine rings is 1. The number of rotatable bonds is 6. The van der Waals surface area contributed by atoms with Crippen molar-refractivity contribution in [2.45, 2.75) is 32.0 Å². The van der Waals surface area contributed by atoms with Crippen molar-refractivity contribution in [1.29, 1.82) is 5.26 Å². The van der Waals surface area contributed by atoms with Crippen molar-refractivity contribution in [2.75, 3.05) is 31.6 Å². The number of carbonyl (C=O) groups is 1. The Morgan fingerprint density at radius 1 is 1.35 bits per heavy atom. The van der Waals surface area contributed by atoms with E-state index >= 15 is 0 Å². The van der Waals surface area contributed by atoms with Crippen LogP contribution in [-0.2, 0) is 11.3 Å². The molecule has 1 aromatic carbocycles. The average Bonchev–Trinajstić information content (AvgIpc) is 2.98. The molecule has 0 aliphatic carbocycles. The number of benzene rings is 1. The van der Waals surface area contributed by atoms with Crippen LogP contribution >= 0.6 is 0 Å². The summed E-state index contributed by atoms with van der Waals surface area (Å²) < 4.78 is 18.6. The van der Waals surface area contributed by atoms with Crippen molar-refractivity contribution in [1.82, 2.24) is 15.2 Å². The minimum Gasteiger partial charge on any atom is -0.496 e. The minimum atomic E-state index is -0.351. The van der Waals surface area contributed by atoms with Gasteiger partial charge in [0.15, 0.2) is 0 Å². The summed E-state index contributed by atoms with van der Waals surface area (Å²) in [4.78, 5) is 21.6. The van der Waals surface area contributed by atoms with E-state index in [4.69, 9.17) is 10.00 Å². The summed E-state index contributed by atoms with van der Waals surface area (Å²) in [5.74, 6) is 1.49. The molecule has 162 valence electrons. The number of nitrogens with zero attached hydrogens (tertiary/aromatic N) is 4. The normalized spacial score (nSPS) is 22.3. The number of fused-ring (bicyclic) bond motifs is 2. The molecule has 0 saturated carbocycles. The molecule has 31 heavy (non-hydrogen) atoms. The van der Waals surface area contributed by atoms with Gasteiger partial charge < -0.3 is 19.9 Å². The zero-order valence-corrected chi connectivity index (χ0v) is 17.7. The summed E-state index contributed by atoms with van der Waals surface area (Å²) in [5.41, 5.74) is 1.35. The van der Waals surface area contributed by atoms with E-state index in [-0.39, 0.29) is 30.4 Å². The van der Waals surface area contributed by atoms with Gasteiger partial charge in [-0.2, -0.15) is 5.26 Å². The molecule has 2 saturated heterocycles. The van der Waals surface area contributed by atoms with Crippen molar-refractivity contribution in [3.8, 4) is 11.8 Å². The Morgan fingerprint density at radius 3 is 2.87 bits per heavy atom. The monoisotopic (exact) mass is 423 g/mol. The fraction of sp³-hybridized carbons (Fsp3) is 0.435. The second-order valence-corrected chi connectivity index (χ2v) is 8.22. The fourth-order valence-electron chi connectivity index (χ4n) is 4.68. The third kappa shape index (κ3) is 4.32. The van der Waals surface area contributed by atoms with Crippen molar-refractivity contribution in [3.63, 3.8) is 0 Å². The summed E-state index contributed by atoms with van der Waals surface area (Å²) in [6.45, 7) is 4.16. The van der Waals surface area contributed by atoms with E-state index in [9.17, 15) is 9.18 Å². The zero-order valence-electron chi connectivity index (χ0n) is 17.7. The van der Waals surface area contributed by atoms with Crippen molar-refractivity contribution < 1.29 is 13.9 Å². The van der Waals surface area contributed by atoms with Gasteiger partial charge >= 0.3 is 0 Å². The third-order valence-electron chi connectivity index (χ3n) is 6.22. The molecule has 2 unspecified atom stereocenters. The van der Waals surface area contributed by atoms with Gasteiger partial charge in [-0.1, -0.05) is 13.0 Å². The van der Waals surface area contributed by atoms with E-state index in [1.165, 1.54) is 19.2 Å². The molecule has 1 aromatic heterocycles. The predicted molar refractivity (Wildman–Crippen MR) is 114 cm³/mol. The number of methoxy groups -OCH3 is 1. The van der Waals surface area contributed by atoms with Crippen LogP contribution in [0.3, 0.4) is 0 Å². The third-order valence-corrected chi connectivity index (χ3v) is 6.22. The van der Waals surface area contributed by atoms with Crippen LogP contribution in [0.2, 0.25) is 0 Å². The number of amides is 1. The van der Waals surface area contributed by atoms with Crippen LogP contribution in [0.25, 0.3) is 0 Å². The fourth-order valence-corrected chi connectivity index (χ4v) is 4.68. The van der Waals surface area contributed by atoms with Crippen LogP contribution in [0.15, 0.2) is 36.5 Å². The number of nitriles is 1. The quantitative estimate of drug-likeness (QED) is 0.768. The molecular weight excluding hydrogens is 397 g/mol. The molecule has 3 atom stereocenters. The lowest BCUT2D eigenvalue weighted by atomic mass is 10.0. The number of hydrogen-bond acceptors (Lipinski definition) is 6. The lowest BCUT2D eigenvalue weighted by Crippen LogP contribution is -2.57. The highest BCUT2D eigenvalue weighted by Gasteiger charge is 2.45. The van der Waals surface area contributed by atoms with Gasteiger partial charge in [-0.05, 0) is 30.5 Å². The van der Waals surface area contributed by atoms with Crippen LogP contribution in [0, 0.1) is 23.1 Å². The summed E-state index contributed by atoms with van der Waals surface area (Å²) in [6.07, 6.45) is 2.61. The molecule has 3 heterocycles. The first-order valence-corrected chi connectivity index (χ1v) is 10.5. The first-order valence-electron chi connectivity index (χ1n) is 10.5. The van der Waals surface area contributed by atoms with Gasteiger partial charge in [0.2, 0.25) is 5.91 Å². The second-order valence-electron chi connectivity index (χ2n) is 8.22. The highest BCUT2D eigenvalue weighted by Crippen LogP contribution is 2.37. The summed E-state index contributed by atoms with van der Waals surface area (Å²) in [5, 5.41) is 12.2. The zero-order chi connectivity index (χ0) is 22.0. The van der Waals surface area contributed by atoms with E-state index in [1.807, 2.05) is 11.0 Å². The maximum absolute atomic E-state index is 13.3. The van der Waals surface area contributed by atoms with Gasteiger partial charge in [0.1, 0.15) is 23.5 Å². The van der Waals surface area contributed by atoms with Crippen molar-refractivity contribution in [3.05, 3.63) is 53.5 Å². The summed E-state index contributed by atoms with van der Waals surface area (Å²) in [7, 11) is 1.50. The van der Waals surface area contributed by atoms with Gasteiger partial charge in [0.25, 0.3) is 0 Å². The molecule has 2 fully saturated rings. The summed E-state index contributed by atoms with van der Waals surface area (Å²) >= 11 is 0. The molecule has 8 heteroatoms. The number of anilines is 1. The molecule has 0 radical (unpaired) electrons. The predicted octanol–water partition coefficient (Wildman–Crippen LogP) is 2.32. The molecular formula is C23H26FN5O2. The molecule has 2 aromatic rings. The van der Waals surface area contributed by atoms with Gasteiger partial charge in [-0.25, -0.2) is 9.37 Å². The number of aromatic nitrogens is 1. The molecule has 2 bridgehead atoms. The first-order chi connectivity index (χ1) is 15.0. The Bertz CT molecular complexity index is 990. The molecule has 7 nitrogen and oxygen atoms in total. The number of hydrogen-bond donors (Lipinski definition) is 1. The van der Waals surface area contributed by atoms with E-state index < -0.39 is 0 Å². The van der Waals surface area contributed by atoms with Crippen LogP contribution < -0.4 is 15.0 Å². The van der Waals surface area contributed by atoms with Crippen LogP contribution in [0.4, 0.5) is 10.2 Å². The van der Waals surface area contributed by atoms with Crippen molar-refractivity contribution in [2.24, 2.45) is 5.92 Å². The second kappa shape index (κ2) is 8.90. The lowest BCUT2D eigenvalue weighted by Gasteiger charge is -2.42. The Morgan fingerprint density at radius 2 is 2.19 bits per heavy atom. The number of ether oxygens (including phenoxy) is 1. The van der Waals surface area contributed by atoms with Gasteiger partial charge in [-0.3, -0.25) is 4.79 Å². The Balaban J connectivity index is 1.36. The summed E-state index contributed by atoms with van der Waals surface area (Å²) in [6, 6.07) is 10.6. The molecule has 4 rings (SSSR count). The highest BCUT2D eigenvalue weighted by atomic mass is 19.1. The molecule has 2 aliphatic heterocycles. The minimum absolute atomic E-state index is 0.0533. The molecule has 0 spiro atoms. The smallest absolute Gasteiger partial charge is 0.236 e. The number of likely N-dealkylation sites (tertiary alicyclic amines) is 1. The largest absolute Gasteiger partial charge is 0.496 e. The standard InChI is InChI=1S/C23H26FN5O2/c1-15-7-19-13-28(14-20(15)29(19)22-6-3-16(9-25)10-27-22)23(30)12-26-11-17-4-5-18(24)8-21(17)31-2/h3-6,8,10,15,19-20,26H,7,11-14H2,1-2H3/t15-,19?,20?/m0/s1. The van der Waals surface area contributed by atoms with E-state index in [1.54, 1.807) is 18.3 Å². The number of halogens is 1. The first kappa shape index (κ1) is 21.1.